The van der Waals surface area contributed by atoms with Crippen LogP contribution >= 0.6 is 0 Å². The molecule has 2 aromatic rings. The summed E-state index contributed by atoms with van der Waals surface area (Å²) in [5.74, 6) is 0.759. The molecular formula is C19H24N2O5S. The minimum atomic E-state index is -3.39. The Morgan fingerprint density at radius 1 is 1.00 bits per heavy atom. The monoisotopic (exact) mass is 392 g/mol. The highest BCUT2D eigenvalue weighted by Gasteiger charge is 2.12. The molecule has 27 heavy (non-hydrogen) atoms. The van der Waals surface area contributed by atoms with Crippen LogP contribution in [0, 0.1) is 0 Å². The molecule has 0 heterocycles. The summed E-state index contributed by atoms with van der Waals surface area (Å²) >= 11 is 0. The number of benzene rings is 2. The Morgan fingerprint density at radius 2 is 1.74 bits per heavy atom. The lowest BCUT2D eigenvalue weighted by atomic mass is 10.1. The van der Waals surface area contributed by atoms with Gasteiger partial charge in [-0.25, -0.2) is 8.42 Å². The summed E-state index contributed by atoms with van der Waals surface area (Å²) in [6.07, 6.45) is 1.93. The van der Waals surface area contributed by atoms with E-state index in [0.29, 0.717) is 41.7 Å². The maximum absolute atomic E-state index is 12.5. The van der Waals surface area contributed by atoms with E-state index in [1.165, 1.54) is 0 Å². The highest BCUT2D eigenvalue weighted by molar-refractivity contribution is 7.92. The fourth-order valence-electron chi connectivity index (χ4n) is 2.33. The largest absolute Gasteiger partial charge is 0.490 e. The third kappa shape index (κ3) is 6.49. The second-order valence-electron chi connectivity index (χ2n) is 5.85. The number of anilines is 2. The lowest BCUT2D eigenvalue weighted by molar-refractivity contribution is 0.102. The molecule has 0 aliphatic heterocycles. The number of carbonyl (C=O) groups excluding carboxylic acids is 1. The number of hydrogen-bond donors (Lipinski definition) is 2. The van der Waals surface area contributed by atoms with E-state index in [1.54, 1.807) is 42.5 Å². The summed E-state index contributed by atoms with van der Waals surface area (Å²) in [6, 6.07) is 11.5. The summed E-state index contributed by atoms with van der Waals surface area (Å²) < 4.78 is 36.2. The second-order valence-corrected chi connectivity index (χ2v) is 7.60. The van der Waals surface area contributed by atoms with E-state index in [1.807, 2.05) is 13.8 Å². The maximum Gasteiger partial charge on any atom is 0.255 e. The molecule has 0 atom stereocenters. The first-order valence-electron chi connectivity index (χ1n) is 8.61. The Labute approximate surface area is 159 Å². The lowest BCUT2D eigenvalue weighted by Crippen LogP contribution is -2.13. The van der Waals surface area contributed by atoms with Crippen molar-refractivity contribution >= 4 is 27.3 Å². The summed E-state index contributed by atoms with van der Waals surface area (Å²) in [7, 11) is -3.39. The van der Waals surface area contributed by atoms with Crippen molar-refractivity contribution in [3.63, 3.8) is 0 Å². The van der Waals surface area contributed by atoms with Crippen molar-refractivity contribution in [3.8, 4) is 11.5 Å². The molecule has 146 valence electrons. The number of hydrogen-bond acceptors (Lipinski definition) is 5. The molecule has 0 aliphatic rings. The van der Waals surface area contributed by atoms with Gasteiger partial charge in [-0.05, 0) is 49.7 Å². The molecule has 0 fully saturated rings. The van der Waals surface area contributed by atoms with Crippen molar-refractivity contribution < 1.29 is 22.7 Å². The van der Waals surface area contributed by atoms with Gasteiger partial charge in [-0.15, -0.1) is 0 Å². The molecule has 1 amide bonds. The summed E-state index contributed by atoms with van der Waals surface area (Å²) in [4.78, 5) is 12.5. The predicted octanol–water partition coefficient (Wildman–Crippen LogP) is 3.50. The molecule has 2 N–H and O–H groups in total. The van der Waals surface area contributed by atoms with Crippen LogP contribution < -0.4 is 19.5 Å². The van der Waals surface area contributed by atoms with Crippen LogP contribution in [0.2, 0.25) is 0 Å². The van der Waals surface area contributed by atoms with Gasteiger partial charge in [0, 0.05) is 11.3 Å². The molecule has 7 nitrogen and oxygen atoms in total. The first-order valence-corrected chi connectivity index (χ1v) is 10.5. The number of nitrogens with one attached hydrogen (secondary N) is 2. The van der Waals surface area contributed by atoms with Crippen molar-refractivity contribution in [3.05, 3.63) is 48.0 Å². The van der Waals surface area contributed by atoms with E-state index in [4.69, 9.17) is 9.47 Å². The van der Waals surface area contributed by atoms with Gasteiger partial charge in [-0.1, -0.05) is 13.0 Å². The highest BCUT2D eigenvalue weighted by atomic mass is 32.2. The van der Waals surface area contributed by atoms with Crippen molar-refractivity contribution in [2.24, 2.45) is 0 Å². The average Bonchev–Trinajstić information content (AvgIpc) is 2.59. The van der Waals surface area contributed by atoms with E-state index in [2.05, 4.69) is 10.0 Å². The maximum atomic E-state index is 12.5. The molecule has 8 heteroatoms. The smallest absolute Gasteiger partial charge is 0.255 e. The van der Waals surface area contributed by atoms with E-state index in [-0.39, 0.29) is 5.91 Å². The van der Waals surface area contributed by atoms with Gasteiger partial charge in [-0.2, -0.15) is 0 Å². The molecule has 2 aromatic carbocycles. The van der Waals surface area contributed by atoms with Crippen LogP contribution in [-0.4, -0.2) is 33.8 Å². The molecule has 0 aliphatic carbocycles. The van der Waals surface area contributed by atoms with Gasteiger partial charge in [-0.3, -0.25) is 9.52 Å². The number of ether oxygens (including phenoxy) is 2. The van der Waals surface area contributed by atoms with Crippen LogP contribution in [0.25, 0.3) is 0 Å². The van der Waals surface area contributed by atoms with Gasteiger partial charge in [0.2, 0.25) is 10.0 Å². The number of amides is 1. The van der Waals surface area contributed by atoms with E-state index in [0.717, 1.165) is 12.7 Å². The van der Waals surface area contributed by atoms with Crippen LogP contribution in [0.4, 0.5) is 11.4 Å². The number of rotatable bonds is 9. The summed E-state index contributed by atoms with van der Waals surface area (Å²) in [5, 5.41) is 2.75. The van der Waals surface area contributed by atoms with Gasteiger partial charge >= 0.3 is 0 Å². The van der Waals surface area contributed by atoms with Crippen molar-refractivity contribution in [2.45, 2.75) is 20.3 Å². The standard InChI is InChI=1S/C19H24N2O5S/c1-4-11-26-17-10-9-14(12-18(17)25-5-2)19(22)20-15-7-6-8-16(13-15)21-27(3,23)24/h6-10,12-13,21H,4-5,11H2,1-3H3,(H,20,22). The molecule has 0 unspecified atom stereocenters. The zero-order valence-corrected chi connectivity index (χ0v) is 16.4. The fourth-order valence-corrected chi connectivity index (χ4v) is 2.88. The average molecular weight is 392 g/mol. The minimum Gasteiger partial charge on any atom is -0.490 e. The Kier molecular flexibility index (Phi) is 7.06. The van der Waals surface area contributed by atoms with Crippen LogP contribution in [0.5, 0.6) is 11.5 Å². The van der Waals surface area contributed by atoms with Crippen LogP contribution in [0.1, 0.15) is 30.6 Å². The van der Waals surface area contributed by atoms with Crippen molar-refractivity contribution in [1.29, 1.82) is 0 Å². The normalized spacial score (nSPS) is 10.9. The lowest BCUT2D eigenvalue weighted by Gasteiger charge is -2.13. The van der Waals surface area contributed by atoms with Crippen molar-refractivity contribution in [2.75, 3.05) is 29.5 Å². The molecular weight excluding hydrogens is 368 g/mol. The summed E-state index contributed by atoms with van der Waals surface area (Å²) in [6.45, 7) is 4.88. The van der Waals surface area contributed by atoms with E-state index >= 15 is 0 Å². The zero-order chi connectivity index (χ0) is 19.9. The molecule has 0 saturated heterocycles. The zero-order valence-electron chi connectivity index (χ0n) is 15.6. The van der Waals surface area contributed by atoms with Crippen LogP contribution in [-0.2, 0) is 10.0 Å². The Morgan fingerprint density at radius 3 is 2.41 bits per heavy atom. The molecule has 0 aromatic heterocycles. The predicted molar refractivity (Wildman–Crippen MR) is 106 cm³/mol. The van der Waals surface area contributed by atoms with Gasteiger partial charge in [0.1, 0.15) is 0 Å². The summed E-state index contributed by atoms with van der Waals surface area (Å²) in [5.41, 5.74) is 1.25. The van der Waals surface area contributed by atoms with Gasteiger partial charge < -0.3 is 14.8 Å². The Balaban J connectivity index is 2.18. The minimum absolute atomic E-state index is 0.338. The van der Waals surface area contributed by atoms with Gasteiger partial charge in [0.25, 0.3) is 5.91 Å². The Bertz CT molecular complexity index is 897. The third-order valence-electron chi connectivity index (χ3n) is 3.39. The Hall–Kier alpha value is -2.74. The molecule has 0 saturated carbocycles. The van der Waals surface area contributed by atoms with Crippen LogP contribution in [0.15, 0.2) is 42.5 Å². The second kappa shape index (κ2) is 9.27. The molecule has 2 rings (SSSR count). The molecule has 0 radical (unpaired) electrons. The topological polar surface area (TPSA) is 93.7 Å². The van der Waals surface area contributed by atoms with Crippen LogP contribution in [0.3, 0.4) is 0 Å². The van der Waals surface area contributed by atoms with E-state index in [9.17, 15) is 13.2 Å². The van der Waals surface area contributed by atoms with Gasteiger partial charge in [0.05, 0.1) is 25.2 Å². The first kappa shape index (κ1) is 20.6. The third-order valence-corrected chi connectivity index (χ3v) is 4.00. The quantitative estimate of drug-likeness (QED) is 0.681. The highest BCUT2D eigenvalue weighted by Crippen LogP contribution is 2.29. The molecule has 0 spiro atoms. The van der Waals surface area contributed by atoms with Crippen molar-refractivity contribution in [1.82, 2.24) is 0 Å². The number of carbonyl (C=O) groups is 1. The van der Waals surface area contributed by atoms with Gasteiger partial charge in [0.15, 0.2) is 11.5 Å². The SMILES string of the molecule is CCCOc1ccc(C(=O)Nc2cccc(NS(C)(=O)=O)c2)cc1OCC. The molecule has 0 bridgehead atoms. The fraction of sp³-hybridized carbons (Fsp3) is 0.316. The number of sulfonamides is 1. The first-order chi connectivity index (χ1) is 12.8. The van der Waals surface area contributed by atoms with E-state index < -0.39 is 10.0 Å².